The Balaban J connectivity index is 2.06. The lowest BCUT2D eigenvalue weighted by atomic mass is 10.1. The summed E-state index contributed by atoms with van der Waals surface area (Å²) in [5, 5.41) is 21.8. The highest BCUT2D eigenvalue weighted by Gasteiger charge is 2.29. The van der Waals surface area contributed by atoms with Gasteiger partial charge in [0.05, 0.1) is 18.7 Å². The zero-order chi connectivity index (χ0) is 15.6. The molecule has 7 nitrogen and oxygen atoms in total. The van der Waals surface area contributed by atoms with E-state index < -0.39 is 6.09 Å². The number of carbonyl (C=O) groups excluding carboxylic acids is 1. The van der Waals surface area contributed by atoms with Crippen LogP contribution in [-0.2, 0) is 4.74 Å². The number of nitrogens with zero attached hydrogens (tertiary/aromatic N) is 2. The second-order valence-electron chi connectivity index (χ2n) is 5.11. The summed E-state index contributed by atoms with van der Waals surface area (Å²) in [6.07, 6.45) is -0.777. The molecule has 21 heavy (non-hydrogen) atoms. The Hall–Kier alpha value is -2.44. The number of likely N-dealkylation sites (N-methyl/N-ethyl adjacent to an activating group) is 1. The molecule has 0 saturated heterocycles. The van der Waals surface area contributed by atoms with Gasteiger partial charge in [0.2, 0.25) is 5.96 Å². The molecule has 1 aromatic rings. The van der Waals surface area contributed by atoms with Crippen molar-refractivity contribution in [1.29, 1.82) is 0 Å². The van der Waals surface area contributed by atoms with Crippen LogP contribution in [0.2, 0.25) is 0 Å². The van der Waals surface area contributed by atoms with Crippen LogP contribution in [0.4, 0.5) is 4.79 Å². The van der Waals surface area contributed by atoms with Gasteiger partial charge >= 0.3 is 6.09 Å². The maximum Gasteiger partial charge on any atom is 0.414 e. The third kappa shape index (κ3) is 3.36. The summed E-state index contributed by atoms with van der Waals surface area (Å²) in [4.78, 5) is 17.6. The fourth-order valence-electron chi connectivity index (χ4n) is 2.14. The van der Waals surface area contributed by atoms with Crippen molar-refractivity contribution >= 4 is 12.1 Å². The molecule has 3 N–H and O–H groups in total. The number of aromatic hydroxyl groups is 2. The van der Waals surface area contributed by atoms with Crippen molar-refractivity contribution < 1.29 is 19.7 Å². The first-order chi connectivity index (χ1) is 9.88. The number of rotatable bonds is 2. The molecule has 1 atom stereocenters. The Labute approximate surface area is 122 Å². The van der Waals surface area contributed by atoms with Gasteiger partial charge in [-0.15, -0.1) is 0 Å². The number of alkyl carbamates (subject to hydrolysis) is 1. The minimum Gasteiger partial charge on any atom is -0.508 e. The third-order valence-corrected chi connectivity index (χ3v) is 3.15. The number of carbonyl (C=O) groups is 1. The summed E-state index contributed by atoms with van der Waals surface area (Å²) >= 11 is 0. The van der Waals surface area contributed by atoms with E-state index in [9.17, 15) is 15.0 Å². The fourth-order valence-corrected chi connectivity index (χ4v) is 2.14. The molecule has 114 valence electrons. The smallest absolute Gasteiger partial charge is 0.414 e. The number of amides is 1. The standard InChI is InChI=1S/C14H19N3O4/c1-8(2)21-14(20)16-13-15-7-11(17(13)3)10-5-4-9(18)6-12(10)19/h4-6,8,11,18-19H,7H2,1-3H3,(H,15,16,20). The number of hydrogen-bond donors (Lipinski definition) is 3. The molecule has 1 aliphatic rings. The fraction of sp³-hybridized carbons (Fsp3) is 0.429. The minimum atomic E-state index is -0.564. The Morgan fingerprint density at radius 1 is 1.48 bits per heavy atom. The van der Waals surface area contributed by atoms with Crippen LogP contribution in [0, 0.1) is 0 Å². The van der Waals surface area contributed by atoms with Gasteiger partial charge in [0, 0.05) is 18.7 Å². The van der Waals surface area contributed by atoms with Gasteiger partial charge in [-0.25, -0.2) is 4.79 Å². The Kier molecular flexibility index (Phi) is 4.21. The maximum atomic E-state index is 11.6. The van der Waals surface area contributed by atoms with E-state index in [-0.39, 0.29) is 23.6 Å². The topological polar surface area (TPSA) is 94.4 Å². The van der Waals surface area contributed by atoms with Crippen molar-refractivity contribution in [3.63, 3.8) is 0 Å². The predicted octanol–water partition coefficient (Wildman–Crippen LogP) is 1.57. The first-order valence-corrected chi connectivity index (χ1v) is 6.65. The van der Waals surface area contributed by atoms with Gasteiger partial charge in [-0.1, -0.05) is 0 Å². The van der Waals surface area contributed by atoms with Crippen LogP contribution in [0.1, 0.15) is 25.5 Å². The van der Waals surface area contributed by atoms with Crippen molar-refractivity contribution in [2.24, 2.45) is 4.99 Å². The molecule has 1 heterocycles. The first-order valence-electron chi connectivity index (χ1n) is 6.65. The SMILES string of the molecule is CC(C)OC(=O)NC1=NCC(c2ccc(O)cc2O)N1C. The highest BCUT2D eigenvalue weighted by Crippen LogP contribution is 2.33. The molecule has 1 amide bonds. The molecule has 0 radical (unpaired) electrons. The summed E-state index contributed by atoms with van der Waals surface area (Å²) in [7, 11) is 1.76. The van der Waals surface area contributed by atoms with Gasteiger partial charge in [-0.2, -0.15) is 0 Å². The van der Waals surface area contributed by atoms with Crippen LogP contribution in [0.3, 0.4) is 0 Å². The molecule has 1 aromatic carbocycles. The van der Waals surface area contributed by atoms with Gasteiger partial charge < -0.3 is 19.8 Å². The van der Waals surface area contributed by atoms with Crippen LogP contribution >= 0.6 is 0 Å². The highest BCUT2D eigenvalue weighted by molar-refractivity contribution is 5.95. The van der Waals surface area contributed by atoms with Gasteiger partial charge in [-0.05, 0) is 26.0 Å². The van der Waals surface area contributed by atoms with Crippen molar-refractivity contribution in [2.45, 2.75) is 26.0 Å². The normalized spacial score (nSPS) is 17.8. The second kappa shape index (κ2) is 5.90. The lowest BCUT2D eigenvalue weighted by Crippen LogP contribution is -2.41. The van der Waals surface area contributed by atoms with E-state index in [1.807, 2.05) is 0 Å². The number of phenols is 2. The van der Waals surface area contributed by atoms with E-state index in [0.717, 1.165) is 0 Å². The van der Waals surface area contributed by atoms with Gasteiger partial charge in [0.15, 0.2) is 0 Å². The van der Waals surface area contributed by atoms with Crippen LogP contribution in [0.25, 0.3) is 0 Å². The van der Waals surface area contributed by atoms with Gasteiger partial charge in [-0.3, -0.25) is 10.3 Å². The summed E-state index contributed by atoms with van der Waals surface area (Å²) in [6, 6.07) is 4.21. The molecule has 0 aliphatic carbocycles. The molecule has 0 fully saturated rings. The molecule has 0 spiro atoms. The van der Waals surface area contributed by atoms with E-state index in [4.69, 9.17) is 4.74 Å². The van der Waals surface area contributed by atoms with E-state index in [1.54, 1.807) is 31.9 Å². The van der Waals surface area contributed by atoms with Crippen LogP contribution < -0.4 is 5.32 Å². The Bertz CT molecular complexity index is 571. The Morgan fingerprint density at radius 3 is 2.81 bits per heavy atom. The minimum absolute atomic E-state index is 0.00308. The van der Waals surface area contributed by atoms with Crippen molar-refractivity contribution in [1.82, 2.24) is 10.2 Å². The third-order valence-electron chi connectivity index (χ3n) is 3.15. The van der Waals surface area contributed by atoms with E-state index >= 15 is 0 Å². The number of guanidine groups is 1. The zero-order valence-corrected chi connectivity index (χ0v) is 12.2. The lowest BCUT2D eigenvalue weighted by molar-refractivity contribution is 0.119. The molecule has 1 unspecified atom stereocenters. The van der Waals surface area contributed by atoms with E-state index in [2.05, 4.69) is 10.3 Å². The molecule has 0 bridgehead atoms. The van der Waals surface area contributed by atoms with Crippen LogP contribution in [0.5, 0.6) is 11.5 Å². The van der Waals surface area contributed by atoms with E-state index in [1.165, 1.54) is 12.1 Å². The number of ether oxygens (including phenoxy) is 1. The summed E-state index contributed by atoms with van der Waals surface area (Å²) < 4.78 is 5.00. The second-order valence-corrected chi connectivity index (χ2v) is 5.11. The number of phenolic OH excluding ortho intramolecular Hbond substituents is 2. The molecule has 0 aromatic heterocycles. The predicted molar refractivity (Wildman–Crippen MR) is 77.3 cm³/mol. The van der Waals surface area contributed by atoms with Gasteiger partial charge in [0.25, 0.3) is 0 Å². The summed E-state index contributed by atoms with van der Waals surface area (Å²) in [5.41, 5.74) is 0.632. The average molecular weight is 293 g/mol. The quantitative estimate of drug-likeness (QED) is 0.769. The number of nitrogens with one attached hydrogen (secondary N) is 1. The largest absolute Gasteiger partial charge is 0.508 e. The number of benzene rings is 1. The summed E-state index contributed by atoms with van der Waals surface area (Å²) in [5.74, 6) is 0.378. The summed E-state index contributed by atoms with van der Waals surface area (Å²) in [6.45, 7) is 3.92. The molecule has 7 heteroatoms. The monoisotopic (exact) mass is 293 g/mol. The molecular weight excluding hydrogens is 274 g/mol. The Morgan fingerprint density at radius 2 is 2.19 bits per heavy atom. The van der Waals surface area contributed by atoms with Gasteiger partial charge in [0.1, 0.15) is 11.5 Å². The molecule has 2 rings (SSSR count). The number of aliphatic imine (C=N–C) groups is 1. The highest BCUT2D eigenvalue weighted by atomic mass is 16.6. The lowest BCUT2D eigenvalue weighted by Gasteiger charge is -2.24. The zero-order valence-electron chi connectivity index (χ0n) is 12.2. The van der Waals surface area contributed by atoms with Crippen molar-refractivity contribution in [2.75, 3.05) is 13.6 Å². The molecule has 1 aliphatic heterocycles. The maximum absolute atomic E-state index is 11.6. The number of hydrogen-bond acceptors (Lipinski definition) is 6. The molecular formula is C14H19N3O4. The van der Waals surface area contributed by atoms with Crippen LogP contribution in [-0.4, -0.2) is 46.9 Å². The molecule has 0 saturated carbocycles. The van der Waals surface area contributed by atoms with Crippen LogP contribution in [0.15, 0.2) is 23.2 Å². The van der Waals surface area contributed by atoms with Crippen molar-refractivity contribution in [3.8, 4) is 11.5 Å². The van der Waals surface area contributed by atoms with Crippen molar-refractivity contribution in [3.05, 3.63) is 23.8 Å². The van der Waals surface area contributed by atoms with E-state index in [0.29, 0.717) is 18.1 Å². The first kappa shape index (κ1) is 15.0. The average Bonchev–Trinajstić information content (AvgIpc) is 2.70.